The van der Waals surface area contributed by atoms with E-state index in [0.717, 1.165) is 12.1 Å². The minimum Gasteiger partial charge on any atom is -0.369 e. The Labute approximate surface area is 188 Å². The van der Waals surface area contributed by atoms with Gasteiger partial charge in [-0.25, -0.2) is 27.2 Å². The van der Waals surface area contributed by atoms with Gasteiger partial charge >= 0.3 is 0 Å². The summed E-state index contributed by atoms with van der Waals surface area (Å²) in [4.78, 5) is 23.5. The molecule has 1 fully saturated rings. The second-order valence-corrected chi connectivity index (χ2v) is 9.78. The largest absolute Gasteiger partial charge is 0.369 e. The van der Waals surface area contributed by atoms with E-state index >= 15 is 0 Å². The van der Waals surface area contributed by atoms with Crippen LogP contribution in [0.5, 0.6) is 0 Å². The number of carbonyl (C=O) groups excluding carboxylic acids is 1. The lowest BCUT2D eigenvalue weighted by atomic mass is 10.1. The van der Waals surface area contributed by atoms with Gasteiger partial charge in [-0.2, -0.15) is 0 Å². The minimum atomic E-state index is -3.41. The van der Waals surface area contributed by atoms with Crippen molar-refractivity contribution in [2.24, 2.45) is 5.73 Å². The van der Waals surface area contributed by atoms with Crippen molar-refractivity contribution in [2.45, 2.75) is 11.5 Å². The van der Waals surface area contributed by atoms with E-state index in [-0.39, 0.29) is 52.6 Å². The van der Waals surface area contributed by atoms with Gasteiger partial charge in [-0.3, -0.25) is 9.69 Å². The summed E-state index contributed by atoms with van der Waals surface area (Å²) in [6.45, 7) is 2.10. The molecular weight excluding hydrogens is 475 g/mol. The Balaban J connectivity index is 0.00000272. The fourth-order valence-electron chi connectivity index (χ4n) is 3.68. The molecule has 0 radical (unpaired) electrons. The summed E-state index contributed by atoms with van der Waals surface area (Å²) >= 11 is 5.63. The molecule has 0 unspecified atom stereocenters. The number of carbonyl (C=O) groups is 1. The average Bonchev–Trinajstić information content (AvgIpc) is 2.98. The smallest absolute Gasteiger partial charge is 0.231 e. The topological polar surface area (TPSA) is 109 Å². The Hall–Kier alpha value is -2.08. The lowest BCUT2D eigenvalue weighted by Crippen LogP contribution is -2.49. The molecule has 1 saturated heterocycles. The molecule has 168 valence electrons. The summed E-state index contributed by atoms with van der Waals surface area (Å²) in [5.41, 5.74) is 5.79. The molecule has 2 aromatic rings. The number of aromatic nitrogens is 2. The van der Waals surface area contributed by atoms with Crippen LogP contribution in [0.2, 0.25) is 5.02 Å². The Kier molecular flexibility index (Phi) is 6.70. The number of hydrogen-bond donors (Lipinski definition) is 1. The predicted molar refractivity (Wildman–Crippen MR) is 114 cm³/mol. The molecule has 4 rings (SSSR count). The van der Waals surface area contributed by atoms with Gasteiger partial charge in [-0.1, -0.05) is 11.6 Å². The van der Waals surface area contributed by atoms with Gasteiger partial charge in [0.1, 0.15) is 17.5 Å². The molecule has 8 nitrogen and oxygen atoms in total. The highest BCUT2D eigenvalue weighted by Gasteiger charge is 2.33. The molecule has 0 atom stereocenters. The number of nitrogens with two attached hydrogens (primary N) is 1. The first-order valence-electron chi connectivity index (χ1n) is 9.13. The van der Waals surface area contributed by atoms with E-state index < -0.39 is 27.4 Å². The molecule has 2 aliphatic heterocycles. The number of nitrogens with zero attached hydrogens (tertiary/aromatic N) is 4. The summed E-state index contributed by atoms with van der Waals surface area (Å²) in [7, 11) is -3.41. The first kappa shape index (κ1) is 23.6. The quantitative estimate of drug-likeness (QED) is 0.643. The van der Waals surface area contributed by atoms with Crippen molar-refractivity contribution in [1.29, 1.82) is 0 Å². The molecule has 1 aromatic carbocycles. The van der Waals surface area contributed by atoms with Crippen LogP contribution in [0.4, 0.5) is 14.6 Å². The molecule has 3 heterocycles. The van der Waals surface area contributed by atoms with Gasteiger partial charge < -0.3 is 10.6 Å². The van der Waals surface area contributed by atoms with Gasteiger partial charge in [0.25, 0.3) is 0 Å². The van der Waals surface area contributed by atoms with E-state index in [9.17, 15) is 22.0 Å². The number of halogens is 4. The number of amides is 1. The van der Waals surface area contributed by atoms with E-state index in [1.807, 2.05) is 9.80 Å². The molecule has 31 heavy (non-hydrogen) atoms. The molecule has 0 saturated carbocycles. The fourth-order valence-corrected chi connectivity index (χ4v) is 5.32. The van der Waals surface area contributed by atoms with Crippen LogP contribution in [0.15, 0.2) is 12.1 Å². The number of piperazine rings is 1. The summed E-state index contributed by atoms with van der Waals surface area (Å²) < 4.78 is 52.8. The predicted octanol–water partition coefficient (Wildman–Crippen LogP) is 1.53. The highest BCUT2D eigenvalue weighted by Crippen LogP contribution is 2.35. The van der Waals surface area contributed by atoms with Crippen LogP contribution in [0.3, 0.4) is 0 Å². The lowest BCUT2D eigenvalue weighted by Gasteiger charge is -2.35. The molecular formula is C18H19Cl2F2N5O3S. The van der Waals surface area contributed by atoms with Crippen molar-refractivity contribution in [3.8, 4) is 11.4 Å². The Morgan fingerprint density at radius 3 is 2.42 bits per heavy atom. The van der Waals surface area contributed by atoms with Crippen molar-refractivity contribution in [2.75, 3.05) is 37.6 Å². The highest BCUT2D eigenvalue weighted by atomic mass is 35.5. The number of benzene rings is 1. The number of hydrogen-bond acceptors (Lipinski definition) is 7. The van der Waals surface area contributed by atoms with Gasteiger partial charge in [-0.15, -0.1) is 12.4 Å². The Morgan fingerprint density at radius 1 is 1.10 bits per heavy atom. The molecule has 2 aliphatic rings. The maximum atomic E-state index is 14.5. The normalized spacial score (nSPS) is 17.8. The number of primary amides is 1. The summed E-state index contributed by atoms with van der Waals surface area (Å²) in [5.74, 6) is -2.29. The molecule has 2 N–H and O–H groups in total. The fraction of sp³-hybridized carbons (Fsp3) is 0.389. The van der Waals surface area contributed by atoms with Gasteiger partial charge in [0, 0.05) is 31.7 Å². The van der Waals surface area contributed by atoms with Gasteiger partial charge in [0.05, 0.1) is 34.3 Å². The standard InChI is InChI=1S/C18H18ClF2N5O3S.ClH/c19-12-6-13(20)10(5-14(12)21)17-23-15-9-30(28,29)8-11(15)18(24-17)26-3-1-25(2-4-26)7-16(22)27;/h5-6H,1-4,7-9H2,(H2,22,27);1H. The number of fused-ring (bicyclic) bond motifs is 1. The third-order valence-electron chi connectivity index (χ3n) is 5.09. The summed E-state index contributed by atoms with van der Waals surface area (Å²) in [5, 5.41) is -0.370. The highest BCUT2D eigenvalue weighted by molar-refractivity contribution is 7.90. The van der Waals surface area contributed by atoms with Crippen LogP contribution in [0.25, 0.3) is 11.4 Å². The van der Waals surface area contributed by atoms with Gasteiger partial charge in [0.2, 0.25) is 5.91 Å². The van der Waals surface area contributed by atoms with E-state index in [2.05, 4.69) is 9.97 Å². The molecule has 0 aliphatic carbocycles. The molecule has 1 amide bonds. The van der Waals surface area contributed by atoms with Crippen molar-refractivity contribution in [3.63, 3.8) is 0 Å². The minimum absolute atomic E-state index is 0. The molecule has 0 spiro atoms. The zero-order valence-electron chi connectivity index (χ0n) is 16.1. The number of rotatable bonds is 4. The van der Waals surface area contributed by atoms with Crippen LogP contribution >= 0.6 is 24.0 Å². The summed E-state index contributed by atoms with van der Waals surface area (Å²) in [6.07, 6.45) is 0. The first-order valence-corrected chi connectivity index (χ1v) is 11.3. The van der Waals surface area contributed by atoms with Crippen LogP contribution in [-0.2, 0) is 26.1 Å². The van der Waals surface area contributed by atoms with E-state index in [4.69, 9.17) is 17.3 Å². The average molecular weight is 494 g/mol. The first-order chi connectivity index (χ1) is 14.1. The summed E-state index contributed by atoms with van der Waals surface area (Å²) in [6, 6.07) is 1.74. The van der Waals surface area contributed by atoms with E-state index in [1.165, 1.54) is 0 Å². The zero-order valence-corrected chi connectivity index (χ0v) is 18.5. The van der Waals surface area contributed by atoms with E-state index in [1.54, 1.807) is 0 Å². The van der Waals surface area contributed by atoms with Crippen LogP contribution < -0.4 is 10.6 Å². The van der Waals surface area contributed by atoms with Gasteiger partial charge in [-0.05, 0) is 12.1 Å². The third-order valence-corrected chi connectivity index (χ3v) is 6.83. The van der Waals surface area contributed by atoms with E-state index in [0.29, 0.717) is 37.6 Å². The van der Waals surface area contributed by atoms with Crippen LogP contribution in [0, 0.1) is 11.6 Å². The maximum absolute atomic E-state index is 14.5. The monoisotopic (exact) mass is 493 g/mol. The number of anilines is 1. The van der Waals surface area contributed by atoms with Crippen LogP contribution in [-0.4, -0.2) is 61.9 Å². The molecule has 0 bridgehead atoms. The Morgan fingerprint density at radius 2 is 1.77 bits per heavy atom. The van der Waals surface area contributed by atoms with Crippen molar-refractivity contribution in [3.05, 3.63) is 40.0 Å². The second-order valence-electron chi connectivity index (χ2n) is 7.30. The second kappa shape index (κ2) is 8.81. The lowest BCUT2D eigenvalue weighted by molar-refractivity contribution is -0.119. The van der Waals surface area contributed by atoms with Crippen molar-refractivity contribution < 1.29 is 22.0 Å². The Bertz CT molecular complexity index is 1140. The van der Waals surface area contributed by atoms with Crippen molar-refractivity contribution in [1.82, 2.24) is 14.9 Å². The third kappa shape index (κ3) is 4.89. The SMILES string of the molecule is Cl.NC(=O)CN1CCN(c2nc(-c3cc(F)c(Cl)cc3F)nc3c2CS(=O)(=O)C3)CC1. The zero-order chi connectivity index (χ0) is 21.6. The number of sulfone groups is 1. The molecule has 13 heteroatoms. The van der Waals surface area contributed by atoms with Crippen molar-refractivity contribution >= 4 is 45.6 Å². The molecule has 1 aromatic heterocycles. The maximum Gasteiger partial charge on any atom is 0.231 e. The van der Waals surface area contributed by atoms with Crippen LogP contribution in [0.1, 0.15) is 11.3 Å². The van der Waals surface area contributed by atoms with Gasteiger partial charge in [0.15, 0.2) is 15.7 Å².